The van der Waals surface area contributed by atoms with E-state index in [1.165, 1.54) is 12.8 Å². The molecule has 2 rings (SSSR count). The van der Waals surface area contributed by atoms with Crippen LogP contribution in [0.2, 0.25) is 0 Å². The lowest BCUT2D eigenvalue weighted by Gasteiger charge is -2.21. The monoisotopic (exact) mass is 290 g/mol. The number of benzene rings is 1. The number of aryl methyl sites for hydroxylation is 1. The van der Waals surface area contributed by atoms with E-state index in [-0.39, 0.29) is 18.6 Å². The molecule has 0 bridgehead atoms. The van der Waals surface area contributed by atoms with E-state index in [9.17, 15) is 4.79 Å². The Kier molecular flexibility index (Phi) is 5.62. The van der Waals surface area contributed by atoms with Crippen molar-refractivity contribution in [2.24, 2.45) is 5.73 Å². The molecule has 116 valence electrons. The summed E-state index contributed by atoms with van der Waals surface area (Å²) in [6.45, 7) is 5.77. The summed E-state index contributed by atoms with van der Waals surface area (Å²) in [5, 5.41) is 0. The predicted molar refractivity (Wildman–Crippen MR) is 84.3 cm³/mol. The van der Waals surface area contributed by atoms with Gasteiger partial charge in [-0.3, -0.25) is 4.79 Å². The van der Waals surface area contributed by atoms with Crippen LogP contribution in [-0.4, -0.2) is 30.5 Å². The third-order valence-electron chi connectivity index (χ3n) is 3.97. The minimum Gasteiger partial charge on any atom is -0.483 e. The third-order valence-corrected chi connectivity index (χ3v) is 3.97. The lowest BCUT2D eigenvalue weighted by atomic mass is 10.1. The summed E-state index contributed by atoms with van der Waals surface area (Å²) < 4.78 is 5.74. The molecule has 0 saturated carbocycles. The molecule has 1 heterocycles. The number of carbonyl (C=O) groups is 1. The maximum absolute atomic E-state index is 12.2. The number of hydrogen-bond acceptors (Lipinski definition) is 3. The Morgan fingerprint density at radius 1 is 1.29 bits per heavy atom. The fraction of sp³-hybridized carbons (Fsp3) is 0.588. The highest BCUT2D eigenvalue weighted by atomic mass is 16.5. The van der Waals surface area contributed by atoms with Gasteiger partial charge in [0.05, 0.1) is 0 Å². The van der Waals surface area contributed by atoms with Gasteiger partial charge in [0, 0.05) is 24.7 Å². The van der Waals surface area contributed by atoms with Crippen molar-refractivity contribution in [3.05, 3.63) is 29.3 Å². The molecule has 21 heavy (non-hydrogen) atoms. The predicted octanol–water partition coefficient (Wildman–Crippen LogP) is 2.80. The van der Waals surface area contributed by atoms with E-state index in [0.29, 0.717) is 0 Å². The molecule has 0 aliphatic carbocycles. The van der Waals surface area contributed by atoms with Gasteiger partial charge in [-0.15, -0.1) is 0 Å². The lowest BCUT2D eigenvalue weighted by Crippen LogP contribution is -2.35. The number of nitrogens with two attached hydrogens (primary N) is 1. The van der Waals surface area contributed by atoms with Crippen LogP contribution in [0.5, 0.6) is 5.75 Å². The van der Waals surface area contributed by atoms with Crippen LogP contribution >= 0.6 is 0 Å². The van der Waals surface area contributed by atoms with Gasteiger partial charge in [0.25, 0.3) is 5.91 Å². The summed E-state index contributed by atoms with van der Waals surface area (Å²) in [5.41, 5.74) is 8.08. The highest BCUT2D eigenvalue weighted by molar-refractivity contribution is 5.77. The summed E-state index contributed by atoms with van der Waals surface area (Å²) in [6.07, 6.45) is 4.64. The molecular formula is C17H26N2O2. The molecule has 1 aliphatic rings. The Morgan fingerprint density at radius 3 is 2.57 bits per heavy atom. The molecule has 2 N–H and O–H groups in total. The van der Waals surface area contributed by atoms with Crippen molar-refractivity contribution < 1.29 is 9.53 Å². The molecule has 4 nitrogen and oxygen atoms in total. The maximum Gasteiger partial charge on any atom is 0.260 e. The zero-order valence-electron chi connectivity index (χ0n) is 13.1. The minimum atomic E-state index is -0.104. The van der Waals surface area contributed by atoms with Crippen molar-refractivity contribution >= 4 is 5.91 Å². The molecule has 0 spiro atoms. The molecule has 1 aromatic rings. The highest BCUT2D eigenvalue weighted by Crippen LogP contribution is 2.25. The second-order valence-electron chi connectivity index (χ2n) is 5.91. The number of amides is 1. The van der Waals surface area contributed by atoms with Crippen molar-refractivity contribution in [3.8, 4) is 5.75 Å². The van der Waals surface area contributed by atoms with Gasteiger partial charge in [-0.25, -0.2) is 0 Å². The molecule has 0 radical (unpaired) electrons. The summed E-state index contributed by atoms with van der Waals surface area (Å²) >= 11 is 0. The molecule has 0 aromatic heterocycles. The van der Waals surface area contributed by atoms with Crippen molar-refractivity contribution in [1.29, 1.82) is 0 Å². The number of nitrogens with zero attached hydrogens (tertiary/aromatic N) is 1. The highest BCUT2D eigenvalue weighted by Gasteiger charge is 2.17. The second-order valence-corrected chi connectivity index (χ2v) is 5.91. The molecule has 1 aliphatic heterocycles. The first kappa shape index (κ1) is 15.8. The van der Waals surface area contributed by atoms with E-state index in [4.69, 9.17) is 10.5 Å². The van der Waals surface area contributed by atoms with E-state index in [1.807, 2.05) is 36.9 Å². The first-order valence-electron chi connectivity index (χ1n) is 7.84. The van der Waals surface area contributed by atoms with Crippen molar-refractivity contribution in [2.75, 3.05) is 19.7 Å². The van der Waals surface area contributed by atoms with Crippen LogP contribution in [0, 0.1) is 6.92 Å². The second kappa shape index (κ2) is 7.46. The number of carbonyl (C=O) groups excluding carboxylic acids is 1. The van der Waals surface area contributed by atoms with Gasteiger partial charge in [0.2, 0.25) is 0 Å². The molecule has 0 unspecified atom stereocenters. The van der Waals surface area contributed by atoms with Gasteiger partial charge >= 0.3 is 0 Å². The van der Waals surface area contributed by atoms with Gasteiger partial charge in [-0.2, -0.15) is 0 Å². The minimum absolute atomic E-state index is 0.0769. The fourth-order valence-corrected chi connectivity index (χ4v) is 2.71. The largest absolute Gasteiger partial charge is 0.483 e. The number of likely N-dealkylation sites (tertiary alicyclic amines) is 1. The number of ether oxygens (including phenoxy) is 1. The van der Waals surface area contributed by atoms with E-state index in [1.54, 1.807) is 0 Å². The van der Waals surface area contributed by atoms with Crippen LogP contribution < -0.4 is 10.5 Å². The lowest BCUT2D eigenvalue weighted by molar-refractivity contribution is -0.133. The van der Waals surface area contributed by atoms with Crippen LogP contribution in [0.15, 0.2) is 18.2 Å². The SMILES string of the molecule is Cc1ccc(OCC(=O)N2CCCCCC2)c([C@@H](C)N)c1. The van der Waals surface area contributed by atoms with E-state index < -0.39 is 0 Å². The molecular weight excluding hydrogens is 264 g/mol. The first-order valence-corrected chi connectivity index (χ1v) is 7.84. The van der Waals surface area contributed by atoms with Crippen LogP contribution in [0.3, 0.4) is 0 Å². The molecule has 1 amide bonds. The molecule has 1 aromatic carbocycles. The Balaban J connectivity index is 1.97. The number of rotatable bonds is 4. The summed E-state index contributed by atoms with van der Waals surface area (Å²) in [6, 6.07) is 5.81. The Hall–Kier alpha value is -1.55. The maximum atomic E-state index is 12.2. The Labute approximate surface area is 127 Å². The van der Waals surface area contributed by atoms with Gasteiger partial charge in [-0.1, -0.05) is 30.5 Å². The van der Waals surface area contributed by atoms with Crippen molar-refractivity contribution in [3.63, 3.8) is 0 Å². The summed E-state index contributed by atoms with van der Waals surface area (Å²) in [5.74, 6) is 0.798. The fourth-order valence-electron chi connectivity index (χ4n) is 2.71. The normalized spacial score (nSPS) is 17.2. The Bertz CT molecular complexity index is 478. The van der Waals surface area contributed by atoms with Crippen molar-refractivity contribution in [2.45, 2.75) is 45.6 Å². The number of hydrogen-bond donors (Lipinski definition) is 1. The molecule has 4 heteroatoms. The zero-order valence-corrected chi connectivity index (χ0v) is 13.1. The van der Waals surface area contributed by atoms with Gasteiger partial charge < -0.3 is 15.4 Å². The van der Waals surface area contributed by atoms with E-state index >= 15 is 0 Å². The van der Waals surface area contributed by atoms with Crippen LogP contribution in [0.1, 0.15) is 49.8 Å². The third kappa shape index (κ3) is 4.46. The standard InChI is InChI=1S/C17H26N2O2/c1-13-7-8-16(15(11-13)14(2)18)21-12-17(20)19-9-5-3-4-6-10-19/h7-8,11,14H,3-6,9-10,12,18H2,1-2H3/t14-/m1/s1. The molecule has 1 atom stereocenters. The van der Waals surface area contributed by atoms with Crippen LogP contribution in [-0.2, 0) is 4.79 Å². The van der Waals surface area contributed by atoms with Gasteiger partial charge in [0.15, 0.2) is 6.61 Å². The van der Waals surface area contributed by atoms with E-state index in [2.05, 4.69) is 0 Å². The zero-order chi connectivity index (χ0) is 15.2. The summed E-state index contributed by atoms with van der Waals surface area (Å²) in [7, 11) is 0. The quantitative estimate of drug-likeness (QED) is 0.927. The topological polar surface area (TPSA) is 55.6 Å². The van der Waals surface area contributed by atoms with Gasteiger partial charge in [0.1, 0.15) is 5.75 Å². The van der Waals surface area contributed by atoms with Crippen LogP contribution in [0.25, 0.3) is 0 Å². The first-order chi connectivity index (χ1) is 10.1. The molecule has 1 saturated heterocycles. The Morgan fingerprint density at radius 2 is 1.95 bits per heavy atom. The summed E-state index contributed by atoms with van der Waals surface area (Å²) in [4.78, 5) is 14.2. The van der Waals surface area contributed by atoms with Crippen LogP contribution in [0.4, 0.5) is 0 Å². The molecule has 1 fully saturated rings. The van der Waals surface area contributed by atoms with Gasteiger partial charge in [-0.05, 0) is 32.8 Å². The van der Waals surface area contributed by atoms with Crippen molar-refractivity contribution in [1.82, 2.24) is 4.90 Å². The average molecular weight is 290 g/mol. The smallest absolute Gasteiger partial charge is 0.260 e. The van der Waals surface area contributed by atoms with E-state index in [0.717, 1.165) is 42.8 Å². The average Bonchev–Trinajstić information content (AvgIpc) is 2.74.